The summed E-state index contributed by atoms with van der Waals surface area (Å²) in [6.07, 6.45) is 7.15. The standard InChI is InChI=1S/C17H32N2O2/c1-4-10-18-17(15-7-8-15,16(20)21-3)13-19-11-5-6-14(2)9-12-19/h14-15,18H,4-13H2,1-3H3. The molecule has 2 atom stereocenters. The van der Waals surface area contributed by atoms with Gasteiger partial charge < -0.3 is 15.0 Å². The van der Waals surface area contributed by atoms with Gasteiger partial charge in [-0.25, -0.2) is 4.79 Å². The predicted molar refractivity (Wildman–Crippen MR) is 85.2 cm³/mol. The van der Waals surface area contributed by atoms with Gasteiger partial charge in [0.25, 0.3) is 0 Å². The van der Waals surface area contributed by atoms with Crippen LogP contribution in [-0.4, -0.2) is 49.7 Å². The molecule has 0 bridgehead atoms. The zero-order valence-electron chi connectivity index (χ0n) is 14.0. The number of esters is 1. The van der Waals surface area contributed by atoms with Crippen molar-refractivity contribution in [3.63, 3.8) is 0 Å². The lowest BCUT2D eigenvalue weighted by Crippen LogP contribution is -2.61. The average Bonchev–Trinajstić information content (AvgIpc) is 3.32. The van der Waals surface area contributed by atoms with Crippen molar-refractivity contribution >= 4 is 5.97 Å². The molecule has 0 aromatic rings. The summed E-state index contributed by atoms with van der Waals surface area (Å²) in [5, 5.41) is 3.56. The SMILES string of the molecule is CCCNC(CN1CCCC(C)CC1)(C(=O)OC)C1CC1. The molecule has 2 aliphatic rings. The molecule has 2 unspecified atom stereocenters. The largest absolute Gasteiger partial charge is 0.468 e. The molecule has 0 amide bonds. The maximum absolute atomic E-state index is 12.5. The summed E-state index contributed by atoms with van der Waals surface area (Å²) in [7, 11) is 1.53. The highest BCUT2D eigenvalue weighted by atomic mass is 16.5. The fraction of sp³-hybridized carbons (Fsp3) is 0.941. The van der Waals surface area contributed by atoms with E-state index in [1.54, 1.807) is 0 Å². The van der Waals surface area contributed by atoms with Crippen LogP contribution in [0.5, 0.6) is 0 Å². The molecule has 1 aliphatic carbocycles. The molecular weight excluding hydrogens is 264 g/mol. The van der Waals surface area contributed by atoms with E-state index in [9.17, 15) is 4.79 Å². The minimum Gasteiger partial charge on any atom is -0.468 e. The van der Waals surface area contributed by atoms with Crippen molar-refractivity contribution in [1.29, 1.82) is 0 Å². The van der Waals surface area contributed by atoms with Crippen LogP contribution in [0.4, 0.5) is 0 Å². The molecule has 1 aliphatic heterocycles. The number of hydrogen-bond donors (Lipinski definition) is 1. The second-order valence-corrected chi connectivity index (χ2v) is 6.98. The van der Waals surface area contributed by atoms with Gasteiger partial charge in [-0.3, -0.25) is 0 Å². The van der Waals surface area contributed by atoms with Crippen LogP contribution in [0.2, 0.25) is 0 Å². The van der Waals surface area contributed by atoms with Gasteiger partial charge in [0.2, 0.25) is 0 Å². The van der Waals surface area contributed by atoms with E-state index in [4.69, 9.17) is 4.74 Å². The molecule has 122 valence electrons. The van der Waals surface area contributed by atoms with Gasteiger partial charge in [-0.2, -0.15) is 0 Å². The lowest BCUT2D eigenvalue weighted by atomic mass is 9.91. The van der Waals surface area contributed by atoms with Crippen LogP contribution in [0.3, 0.4) is 0 Å². The molecule has 4 nitrogen and oxygen atoms in total. The Morgan fingerprint density at radius 1 is 1.29 bits per heavy atom. The molecular formula is C17H32N2O2. The summed E-state index contributed by atoms with van der Waals surface area (Å²) in [6.45, 7) is 8.42. The van der Waals surface area contributed by atoms with Crippen LogP contribution in [0.15, 0.2) is 0 Å². The minimum atomic E-state index is -0.474. The molecule has 1 N–H and O–H groups in total. The van der Waals surface area contributed by atoms with Crippen LogP contribution >= 0.6 is 0 Å². The quantitative estimate of drug-likeness (QED) is 0.733. The summed E-state index contributed by atoms with van der Waals surface area (Å²) >= 11 is 0. The van der Waals surface area contributed by atoms with Crippen molar-refractivity contribution in [3.05, 3.63) is 0 Å². The molecule has 2 rings (SSSR count). The van der Waals surface area contributed by atoms with E-state index >= 15 is 0 Å². The maximum Gasteiger partial charge on any atom is 0.327 e. The molecule has 1 heterocycles. The number of methoxy groups -OCH3 is 1. The molecule has 0 radical (unpaired) electrons. The highest BCUT2D eigenvalue weighted by Gasteiger charge is 2.52. The Kier molecular flexibility index (Phi) is 6.06. The van der Waals surface area contributed by atoms with E-state index in [0.29, 0.717) is 5.92 Å². The number of ether oxygens (including phenoxy) is 1. The second-order valence-electron chi connectivity index (χ2n) is 6.98. The lowest BCUT2D eigenvalue weighted by molar-refractivity contribution is -0.150. The first-order valence-electron chi connectivity index (χ1n) is 8.68. The fourth-order valence-corrected chi connectivity index (χ4v) is 3.57. The van der Waals surface area contributed by atoms with Crippen LogP contribution in [0, 0.1) is 11.8 Å². The number of hydrogen-bond acceptors (Lipinski definition) is 4. The lowest BCUT2D eigenvalue weighted by Gasteiger charge is -2.37. The Balaban J connectivity index is 2.08. The molecule has 1 saturated carbocycles. The summed E-state index contributed by atoms with van der Waals surface area (Å²) in [5.41, 5.74) is -0.474. The van der Waals surface area contributed by atoms with Crippen LogP contribution in [-0.2, 0) is 9.53 Å². The van der Waals surface area contributed by atoms with Crippen molar-refractivity contribution in [2.45, 2.75) is 57.9 Å². The van der Waals surface area contributed by atoms with Crippen LogP contribution in [0.1, 0.15) is 52.4 Å². The Morgan fingerprint density at radius 2 is 2.05 bits per heavy atom. The highest BCUT2D eigenvalue weighted by molar-refractivity contribution is 5.82. The molecule has 0 aromatic heterocycles. The molecule has 1 saturated heterocycles. The fourth-order valence-electron chi connectivity index (χ4n) is 3.57. The zero-order valence-corrected chi connectivity index (χ0v) is 14.0. The first kappa shape index (κ1) is 16.8. The van der Waals surface area contributed by atoms with Crippen molar-refractivity contribution in [2.24, 2.45) is 11.8 Å². The normalized spacial score (nSPS) is 26.9. The topological polar surface area (TPSA) is 41.6 Å². The van der Waals surface area contributed by atoms with Gasteiger partial charge in [0.1, 0.15) is 5.54 Å². The van der Waals surface area contributed by atoms with E-state index in [-0.39, 0.29) is 5.97 Å². The summed E-state index contributed by atoms with van der Waals surface area (Å²) in [5.74, 6) is 1.21. The molecule has 0 aromatic carbocycles. The third-order valence-corrected chi connectivity index (χ3v) is 5.10. The van der Waals surface area contributed by atoms with E-state index < -0.39 is 5.54 Å². The number of nitrogens with one attached hydrogen (secondary N) is 1. The van der Waals surface area contributed by atoms with Gasteiger partial charge >= 0.3 is 5.97 Å². The first-order valence-corrected chi connectivity index (χ1v) is 8.68. The third-order valence-electron chi connectivity index (χ3n) is 5.10. The molecule has 21 heavy (non-hydrogen) atoms. The molecule has 4 heteroatoms. The Hall–Kier alpha value is -0.610. The van der Waals surface area contributed by atoms with Crippen molar-refractivity contribution in [3.8, 4) is 0 Å². The van der Waals surface area contributed by atoms with Gasteiger partial charge in [0, 0.05) is 6.54 Å². The van der Waals surface area contributed by atoms with Gasteiger partial charge in [-0.15, -0.1) is 0 Å². The van der Waals surface area contributed by atoms with Crippen molar-refractivity contribution in [2.75, 3.05) is 33.3 Å². The Bertz CT molecular complexity index is 344. The number of rotatable bonds is 7. The summed E-state index contributed by atoms with van der Waals surface area (Å²) < 4.78 is 5.18. The van der Waals surface area contributed by atoms with Crippen molar-refractivity contribution < 1.29 is 9.53 Å². The maximum atomic E-state index is 12.5. The van der Waals surface area contributed by atoms with Gasteiger partial charge in [0.05, 0.1) is 7.11 Å². The van der Waals surface area contributed by atoms with E-state index in [1.165, 1.54) is 26.4 Å². The third kappa shape index (κ3) is 4.19. The smallest absolute Gasteiger partial charge is 0.327 e. The molecule has 0 spiro atoms. The molecule has 2 fully saturated rings. The predicted octanol–water partition coefficient (Wildman–Crippen LogP) is 2.43. The Morgan fingerprint density at radius 3 is 2.67 bits per heavy atom. The summed E-state index contributed by atoms with van der Waals surface area (Å²) in [4.78, 5) is 15.0. The Labute approximate surface area is 129 Å². The average molecular weight is 296 g/mol. The number of nitrogens with zero attached hydrogens (tertiary/aromatic N) is 1. The van der Waals surface area contributed by atoms with Crippen LogP contribution in [0.25, 0.3) is 0 Å². The zero-order chi connectivity index (χ0) is 15.3. The van der Waals surface area contributed by atoms with Gasteiger partial charge in [-0.05, 0) is 70.0 Å². The minimum absolute atomic E-state index is 0.0595. The van der Waals surface area contributed by atoms with E-state index in [2.05, 4.69) is 24.1 Å². The van der Waals surface area contributed by atoms with Gasteiger partial charge in [-0.1, -0.05) is 13.8 Å². The first-order chi connectivity index (χ1) is 10.1. The van der Waals surface area contributed by atoms with E-state index in [0.717, 1.165) is 51.4 Å². The van der Waals surface area contributed by atoms with Crippen LogP contribution < -0.4 is 5.32 Å². The van der Waals surface area contributed by atoms with E-state index in [1.807, 2.05) is 0 Å². The number of carbonyl (C=O) groups excluding carboxylic acids is 1. The summed E-state index contributed by atoms with van der Waals surface area (Å²) in [6, 6.07) is 0. The number of likely N-dealkylation sites (tertiary alicyclic amines) is 1. The number of carbonyl (C=O) groups is 1. The monoisotopic (exact) mass is 296 g/mol. The highest BCUT2D eigenvalue weighted by Crippen LogP contribution is 2.41. The second kappa shape index (κ2) is 7.59. The van der Waals surface area contributed by atoms with Crippen molar-refractivity contribution in [1.82, 2.24) is 10.2 Å². The van der Waals surface area contributed by atoms with Gasteiger partial charge in [0.15, 0.2) is 0 Å².